The lowest BCUT2D eigenvalue weighted by Crippen LogP contribution is -2.56. The van der Waals surface area contributed by atoms with Crippen LogP contribution in [0.1, 0.15) is 33.6 Å². The molecule has 7 heteroatoms. The lowest BCUT2D eigenvalue weighted by molar-refractivity contribution is -0.164. The van der Waals surface area contributed by atoms with E-state index in [1.165, 1.54) is 0 Å². The first-order valence-corrected chi connectivity index (χ1v) is 8.99. The van der Waals surface area contributed by atoms with E-state index >= 15 is 0 Å². The van der Waals surface area contributed by atoms with Gasteiger partial charge in [0.15, 0.2) is 0 Å². The van der Waals surface area contributed by atoms with Crippen LogP contribution in [0.5, 0.6) is 0 Å². The maximum atomic E-state index is 12.2. The molecule has 0 aromatic carbocycles. The Bertz CT molecular complexity index is 405. The fraction of sp³-hybridized carbons (Fsp3) is 0.882. The number of morpholine rings is 1. The second-order valence-corrected chi connectivity index (χ2v) is 6.35. The zero-order valence-electron chi connectivity index (χ0n) is 15.0. The number of esters is 2. The summed E-state index contributed by atoms with van der Waals surface area (Å²) in [6.45, 7) is 10.2. The number of piperidine rings is 1. The van der Waals surface area contributed by atoms with Crippen LogP contribution in [-0.2, 0) is 23.8 Å². The van der Waals surface area contributed by atoms with Crippen molar-refractivity contribution in [3.8, 4) is 0 Å². The zero-order chi connectivity index (χ0) is 17.5. The molecule has 0 aromatic heterocycles. The van der Waals surface area contributed by atoms with E-state index in [-0.39, 0.29) is 19.3 Å². The van der Waals surface area contributed by atoms with Crippen molar-refractivity contribution in [1.29, 1.82) is 0 Å². The topological polar surface area (TPSA) is 68.3 Å². The van der Waals surface area contributed by atoms with Gasteiger partial charge in [-0.2, -0.15) is 0 Å². The summed E-state index contributed by atoms with van der Waals surface area (Å²) >= 11 is 0. The van der Waals surface area contributed by atoms with E-state index in [4.69, 9.17) is 14.2 Å². The highest BCUT2D eigenvalue weighted by Crippen LogP contribution is 2.21. The third kappa shape index (κ3) is 4.91. The van der Waals surface area contributed by atoms with E-state index in [1.807, 2.05) is 4.90 Å². The summed E-state index contributed by atoms with van der Waals surface area (Å²) < 4.78 is 15.7. The van der Waals surface area contributed by atoms with Crippen LogP contribution in [0.15, 0.2) is 0 Å². The molecule has 2 aliphatic heterocycles. The van der Waals surface area contributed by atoms with Gasteiger partial charge in [0.2, 0.25) is 6.04 Å². The van der Waals surface area contributed by atoms with Crippen LogP contribution >= 0.6 is 0 Å². The van der Waals surface area contributed by atoms with E-state index in [2.05, 4.69) is 11.8 Å². The van der Waals surface area contributed by atoms with Gasteiger partial charge in [0.1, 0.15) is 0 Å². The van der Waals surface area contributed by atoms with Crippen LogP contribution in [0.3, 0.4) is 0 Å². The molecule has 0 N–H and O–H groups in total. The monoisotopic (exact) mass is 342 g/mol. The average molecular weight is 342 g/mol. The van der Waals surface area contributed by atoms with Crippen molar-refractivity contribution in [3.63, 3.8) is 0 Å². The smallest absolute Gasteiger partial charge is 0.335 e. The van der Waals surface area contributed by atoms with Gasteiger partial charge in [0.25, 0.3) is 0 Å². The Morgan fingerprint density at radius 1 is 1.08 bits per heavy atom. The maximum Gasteiger partial charge on any atom is 0.335 e. The molecule has 24 heavy (non-hydrogen) atoms. The Labute approximate surface area is 144 Å². The molecule has 0 bridgehead atoms. The SMILES string of the molecule is CCOC(=O)C(C(=O)OCC)N1CCC(N2CCOC(C)C2)CC1. The van der Waals surface area contributed by atoms with Crippen molar-refractivity contribution in [3.05, 3.63) is 0 Å². The minimum Gasteiger partial charge on any atom is -0.464 e. The van der Waals surface area contributed by atoms with Gasteiger partial charge in [-0.15, -0.1) is 0 Å². The summed E-state index contributed by atoms with van der Waals surface area (Å²) in [5.74, 6) is -1.01. The lowest BCUT2D eigenvalue weighted by Gasteiger charge is -2.42. The Morgan fingerprint density at radius 3 is 2.17 bits per heavy atom. The largest absolute Gasteiger partial charge is 0.464 e. The number of hydrogen-bond donors (Lipinski definition) is 0. The minimum atomic E-state index is -0.936. The number of hydrogen-bond acceptors (Lipinski definition) is 7. The third-order valence-electron chi connectivity index (χ3n) is 4.67. The number of carbonyl (C=O) groups is 2. The average Bonchev–Trinajstić information content (AvgIpc) is 2.56. The van der Waals surface area contributed by atoms with Crippen molar-refractivity contribution in [2.24, 2.45) is 0 Å². The van der Waals surface area contributed by atoms with Crippen LogP contribution in [0, 0.1) is 0 Å². The van der Waals surface area contributed by atoms with Crippen LogP contribution in [0.4, 0.5) is 0 Å². The third-order valence-corrected chi connectivity index (χ3v) is 4.67. The van der Waals surface area contributed by atoms with Crippen molar-refractivity contribution in [2.75, 3.05) is 46.0 Å². The molecule has 1 atom stereocenters. The highest BCUT2D eigenvalue weighted by Gasteiger charge is 2.38. The molecule has 2 fully saturated rings. The van der Waals surface area contributed by atoms with E-state index in [0.29, 0.717) is 19.1 Å². The first-order chi connectivity index (χ1) is 11.6. The Hall–Kier alpha value is -1.18. The predicted octanol–water partition coefficient (Wildman–Crippen LogP) is 0.666. The molecule has 0 radical (unpaired) electrons. The van der Waals surface area contributed by atoms with Gasteiger partial charge in [-0.3, -0.25) is 9.80 Å². The predicted molar refractivity (Wildman–Crippen MR) is 88.6 cm³/mol. The quantitative estimate of drug-likeness (QED) is 0.519. The van der Waals surface area contributed by atoms with E-state index in [1.54, 1.807) is 13.8 Å². The van der Waals surface area contributed by atoms with Gasteiger partial charge in [-0.25, -0.2) is 9.59 Å². The number of nitrogens with zero attached hydrogens (tertiary/aromatic N) is 2. The van der Waals surface area contributed by atoms with Crippen molar-refractivity contribution >= 4 is 11.9 Å². The van der Waals surface area contributed by atoms with Gasteiger partial charge in [-0.05, 0) is 33.6 Å². The molecule has 2 rings (SSSR count). The van der Waals surface area contributed by atoms with E-state index in [9.17, 15) is 9.59 Å². The summed E-state index contributed by atoms with van der Waals surface area (Å²) in [7, 11) is 0. The molecule has 2 aliphatic rings. The van der Waals surface area contributed by atoms with Gasteiger partial charge < -0.3 is 14.2 Å². The molecule has 0 spiro atoms. The number of rotatable bonds is 6. The molecule has 7 nitrogen and oxygen atoms in total. The summed E-state index contributed by atoms with van der Waals surface area (Å²) in [5, 5.41) is 0. The molecule has 138 valence electrons. The number of ether oxygens (including phenoxy) is 3. The van der Waals surface area contributed by atoms with Gasteiger partial charge in [0.05, 0.1) is 25.9 Å². The first-order valence-electron chi connectivity index (χ1n) is 8.99. The highest BCUT2D eigenvalue weighted by molar-refractivity contribution is 5.99. The van der Waals surface area contributed by atoms with Crippen LogP contribution in [0.25, 0.3) is 0 Å². The summed E-state index contributed by atoms with van der Waals surface area (Å²) in [6.07, 6.45) is 2.13. The number of likely N-dealkylation sites (tertiary alicyclic amines) is 1. The van der Waals surface area contributed by atoms with Crippen LogP contribution in [0.2, 0.25) is 0 Å². The van der Waals surface area contributed by atoms with E-state index in [0.717, 1.165) is 32.5 Å². The maximum absolute atomic E-state index is 12.2. The second-order valence-electron chi connectivity index (χ2n) is 6.35. The molecule has 0 saturated carbocycles. The Balaban J connectivity index is 1.93. The molecule has 0 aromatic rings. The second kappa shape index (κ2) is 9.34. The molecule has 0 aliphatic carbocycles. The Kier molecular flexibility index (Phi) is 7.45. The van der Waals surface area contributed by atoms with Crippen molar-refractivity contribution in [1.82, 2.24) is 9.80 Å². The van der Waals surface area contributed by atoms with Gasteiger partial charge >= 0.3 is 11.9 Å². The molecule has 1 unspecified atom stereocenters. The Morgan fingerprint density at radius 2 is 1.67 bits per heavy atom. The standard InChI is InChI=1S/C17H30N2O5/c1-4-22-16(20)15(17(21)23-5-2)18-8-6-14(7-9-18)19-10-11-24-13(3)12-19/h13-15H,4-12H2,1-3H3. The first kappa shape index (κ1) is 19.1. The molecule has 0 amide bonds. The summed E-state index contributed by atoms with van der Waals surface area (Å²) in [4.78, 5) is 28.8. The van der Waals surface area contributed by atoms with Crippen LogP contribution < -0.4 is 0 Å². The molecular formula is C17H30N2O5. The minimum absolute atomic E-state index is 0.261. The fourth-order valence-electron chi connectivity index (χ4n) is 3.52. The lowest BCUT2D eigenvalue weighted by atomic mass is 10.0. The fourth-order valence-corrected chi connectivity index (χ4v) is 3.52. The summed E-state index contributed by atoms with van der Waals surface area (Å²) in [5.41, 5.74) is 0. The zero-order valence-corrected chi connectivity index (χ0v) is 15.0. The number of carbonyl (C=O) groups excluding carboxylic acids is 2. The van der Waals surface area contributed by atoms with E-state index < -0.39 is 18.0 Å². The van der Waals surface area contributed by atoms with Crippen molar-refractivity contribution in [2.45, 2.75) is 51.8 Å². The molecule has 2 heterocycles. The van der Waals surface area contributed by atoms with Crippen molar-refractivity contribution < 1.29 is 23.8 Å². The summed E-state index contributed by atoms with van der Waals surface area (Å²) in [6, 6.07) is -0.452. The van der Waals surface area contributed by atoms with Gasteiger partial charge in [0, 0.05) is 32.2 Å². The normalized spacial score (nSPS) is 24.1. The molecule has 2 saturated heterocycles. The highest BCUT2D eigenvalue weighted by atomic mass is 16.6. The molecular weight excluding hydrogens is 312 g/mol. The van der Waals surface area contributed by atoms with Gasteiger partial charge in [-0.1, -0.05) is 0 Å². The van der Waals surface area contributed by atoms with Crippen LogP contribution in [-0.4, -0.2) is 85.9 Å².